The van der Waals surface area contributed by atoms with Crippen LogP contribution in [-0.2, 0) is 6.54 Å². The highest BCUT2D eigenvalue weighted by molar-refractivity contribution is 5.99. The number of nitrogens with zero attached hydrogens (tertiary/aromatic N) is 4. The number of carbonyl (C=O) groups is 1. The highest BCUT2D eigenvalue weighted by Crippen LogP contribution is 2.31. The lowest BCUT2D eigenvalue weighted by Crippen LogP contribution is -2.32. The fraction of sp³-hybridized carbons (Fsp3) is 0.375. The number of amides is 1. The van der Waals surface area contributed by atoms with E-state index in [1.165, 1.54) is 6.42 Å². The van der Waals surface area contributed by atoms with Crippen LogP contribution in [0, 0.1) is 5.92 Å². The molecule has 0 bridgehead atoms. The smallest absolute Gasteiger partial charge is 0.259 e. The third kappa shape index (κ3) is 4.08. The molecule has 2 aliphatic carbocycles. The summed E-state index contributed by atoms with van der Waals surface area (Å²) >= 11 is 0. The van der Waals surface area contributed by atoms with Gasteiger partial charge in [0, 0.05) is 25.0 Å². The molecule has 0 spiro atoms. The van der Waals surface area contributed by atoms with Crippen molar-refractivity contribution in [3.63, 3.8) is 0 Å². The zero-order chi connectivity index (χ0) is 20.3. The van der Waals surface area contributed by atoms with Crippen molar-refractivity contribution in [3.8, 4) is 5.75 Å². The quantitative estimate of drug-likeness (QED) is 0.554. The lowest BCUT2D eigenvalue weighted by Gasteiger charge is -2.22. The van der Waals surface area contributed by atoms with Crippen LogP contribution in [-0.4, -0.2) is 38.1 Å². The van der Waals surface area contributed by atoms with E-state index in [1.807, 2.05) is 29.3 Å². The maximum absolute atomic E-state index is 13.3. The fourth-order valence-electron chi connectivity index (χ4n) is 4.00. The Bertz CT molecular complexity index is 1050. The van der Waals surface area contributed by atoms with Crippen LogP contribution >= 0.6 is 0 Å². The number of fused-ring (bicyclic) bond motifs is 1. The van der Waals surface area contributed by atoms with Gasteiger partial charge >= 0.3 is 0 Å². The Kier molecular flexibility index (Phi) is 5.22. The Balaban J connectivity index is 1.26. The van der Waals surface area contributed by atoms with Gasteiger partial charge in [0.2, 0.25) is 0 Å². The van der Waals surface area contributed by atoms with Crippen molar-refractivity contribution in [2.75, 3.05) is 6.61 Å². The molecule has 154 valence electrons. The molecule has 3 aromatic rings. The van der Waals surface area contributed by atoms with E-state index >= 15 is 0 Å². The lowest BCUT2D eigenvalue weighted by molar-refractivity contribution is 0.0731. The van der Waals surface area contributed by atoms with Crippen molar-refractivity contribution in [3.05, 3.63) is 72.2 Å². The predicted molar refractivity (Wildman–Crippen MR) is 114 cm³/mol. The summed E-state index contributed by atoms with van der Waals surface area (Å²) < 4.78 is 7.63. The molecule has 0 unspecified atom stereocenters. The van der Waals surface area contributed by atoms with Crippen LogP contribution < -0.4 is 4.74 Å². The van der Waals surface area contributed by atoms with Crippen molar-refractivity contribution in [2.24, 2.45) is 5.92 Å². The van der Waals surface area contributed by atoms with Gasteiger partial charge in [0.15, 0.2) is 5.65 Å². The molecule has 1 saturated carbocycles. The van der Waals surface area contributed by atoms with E-state index in [0.717, 1.165) is 43.6 Å². The molecule has 0 saturated heterocycles. The molecule has 1 aromatic carbocycles. The number of carbonyl (C=O) groups excluding carboxylic acids is 1. The van der Waals surface area contributed by atoms with E-state index in [-0.39, 0.29) is 5.91 Å². The third-order valence-electron chi connectivity index (χ3n) is 5.90. The van der Waals surface area contributed by atoms with Crippen LogP contribution in [0.2, 0.25) is 0 Å². The Labute approximate surface area is 176 Å². The lowest BCUT2D eigenvalue weighted by atomic mass is 9.95. The third-order valence-corrected chi connectivity index (χ3v) is 5.90. The first kappa shape index (κ1) is 18.9. The minimum Gasteiger partial charge on any atom is -0.493 e. The first-order valence-electron chi connectivity index (χ1n) is 10.7. The topological polar surface area (TPSA) is 59.7 Å². The number of aromatic nitrogens is 3. The molecule has 0 radical (unpaired) electrons. The van der Waals surface area contributed by atoms with Gasteiger partial charge in [0.25, 0.3) is 5.91 Å². The minimum absolute atomic E-state index is 0.00289. The van der Waals surface area contributed by atoms with Gasteiger partial charge < -0.3 is 9.64 Å². The predicted octanol–water partition coefficient (Wildman–Crippen LogP) is 4.27. The fourth-order valence-corrected chi connectivity index (χ4v) is 4.00. The van der Waals surface area contributed by atoms with Gasteiger partial charge in [-0.3, -0.25) is 4.79 Å². The number of hydrogen-bond donors (Lipinski definition) is 0. The second kappa shape index (κ2) is 8.30. The maximum atomic E-state index is 13.3. The van der Waals surface area contributed by atoms with E-state index in [4.69, 9.17) is 4.74 Å². The first-order chi connectivity index (χ1) is 14.8. The second-order valence-corrected chi connectivity index (χ2v) is 8.22. The van der Waals surface area contributed by atoms with Gasteiger partial charge in [-0.25, -0.2) is 9.50 Å². The molecule has 1 fully saturated rings. The maximum Gasteiger partial charge on any atom is 0.259 e. The molecular weight excluding hydrogens is 376 g/mol. The van der Waals surface area contributed by atoms with Crippen LogP contribution in [0.4, 0.5) is 0 Å². The van der Waals surface area contributed by atoms with Gasteiger partial charge in [0.05, 0.1) is 12.8 Å². The van der Waals surface area contributed by atoms with E-state index in [9.17, 15) is 4.79 Å². The average molecular weight is 402 g/mol. The summed E-state index contributed by atoms with van der Waals surface area (Å²) in [6.45, 7) is 1.35. The van der Waals surface area contributed by atoms with E-state index in [2.05, 4.69) is 34.4 Å². The normalized spacial score (nSPS) is 18.5. The van der Waals surface area contributed by atoms with Crippen LogP contribution in [0.5, 0.6) is 5.75 Å². The largest absolute Gasteiger partial charge is 0.493 e. The molecule has 5 rings (SSSR count). The molecule has 6 nitrogen and oxygen atoms in total. The second-order valence-electron chi connectivity index (χ2n) is 8.22. The van der Waals surface area contributed by atoms with Crippen LogP contribution in [0.1, 0.15) is 48.0 Å². The number of ether oxygens (including phenoxy) is 1. The van der Waals surface area contributed by atoms with E-state index in [1.54, 1.807) is 16.9 Å². The van der Waals surface area contributed by atoms with Gasteiger partial charge in [-0.05, 0) is 61.8 Å². The monoisotopic (exact) mass is 402 g/mol. The summed E-state index contributed by atoms with van der Waals surface area (Å²) in [6.07, 6.45) is 15.2. The molecule has 6 heteroatoms. The first-order valence-corrected chi connectivity index (χ1v) is 10.7. The summed E-state index contributed by atoms with van der Waals surface area (Å²) in [4.78, 5) is 19.5. The van der Waals surface area contributed by atoms with Crippen molar-refractivity contribution in [1.82, 2.24) is 19.5 Å². The van der Waals surface area contributed by atoms with Crippen LogP contribution in [0.15, 0.2) is 61.1 Å². The molecule has 2 heterocycles. The minimum atomic E-state index is -0.00289. The molecule has 2 aliphatic rings. The SMILES string of the molecule is O=C(c1cnn2cccnc12)N(Cc1ccc(OC[C@@H]2CC=CCC2)cc1)C1CC1. The molecule has 1 atom stereocenters. The van der Waals surface area contributed by atoms with Crippen molar-refractivity contribution in [1.29, 1.82) is 0 Å². The standard InChI is InChI=1S/C24H26N4O2/c29-24(22-15-26-28-14-4-13-25-23(22)28)27(20-9-10-20)16-18-7-11-21(12-8-18)30-17-19-5-2-1-3-6-19/h1-2,4,7-8,11-15,19-20H,3,5-6,9-10,16-17H2/t19-/m1/s1. The zero-order valence-electron chi connectivity index (χ0n) is 17.0. The van der Waals surface area contributed by atoms with Gasteiger partial charge in [0.1, 0.15) is 11.3 Å². The molecule has 1 amide bonds. The van der Waals surface area contributed by atoms with Crippen molar-refractivity contribution < 1.29 is 9.53 Å². The number of benzene rings is 1. The summed E-state index contributed by atoms with van der Waals surface area (Å²) in [5, 5.41) is 4.27. The van der Waals surface area contributed by atoms with Crippen LogP contribution in [0.3, 0.4) is 0 Å². The molecule has 0 aliphatic heterocycles. The van der Waals surface area contributed by atoms with Gasteiger partial charge in [-0.1, -0.05) is 24.3 Å². The van der Waals surface area contributed by atoms with Gasteiger partial charge in [-0.15, -0.1) is 0 Å². The number of rotatable bonds is 7. The molecule has 0 N–H and O–H groups in total. The summed E-state index contributed by atoms with van der Waals surface area (Å²) in [5.41, 5.74) is 2.27. The Morgan fingerprint density at radius 1 is 1.17 bits per heavy atom. The Hall–Kier alpha value is -3.15. The highest BCUT2D eigenvalue weighted by atomic mass is 16.5. The molecular formula is C24H26N4O2. The summed E-state index contributed by atoms with van der Waals surface area (Å²) in [5.74, 6) is 1.50. The highest BCUT2D eigenvalue weighted by Gasteiger charge is 2.34. The van der Waals surface area contributed by atoms with Crippen molar-refractivity contribution >= 4 is 11.6 Å². The Morgan fingerprint density at radius 2 is 2.03 bits per heavy atom. The number of hydrogen-bond acceptors (Lipinski definition) is 4. The zero-order valence-corrected chi connectivity index (χ0v) is 17.0. The van der Waals surface area contributed by atoms with E-state index < -0.39 is 0 Å². The van der Waals surface area contributed by atoms with Crippen LogP contribution in [0.25, 0.3) is 5.65 Å². The van der Waals surface area contributed by atoms with Crippen molar-refractivity contribution in [2.45, 2.75) is 44.7 Å². The Morgan fingerprint density at radius 3 is 2.80 bits per heavy atom. The molecule has 30 heavy (non-hydrogen) atoms. The summed E-state index contributed by atoms with van der Waals surface area (Å²) in [6, 6.07) is 10.3. The summed E-state index contributed by atoms with van der Waals surface area (Å²) in [7, 11) is 0. The number of allylic oxidation sites excluding steroid dienone is 2. The van der Waals surface area contributed by atoms with Gasteiger partial charge in [-0.2, -0.15) is 5.10 Å². The van der Waals surface area contributed by atoms with E-state index in [0.29, 0.717) is 29.7 Å². The molecule has 2 aromatic heterocycles. The average Bonchev–Trinajstić information content (AvgIpc) is 3.55.